The van der Waals surface area contributed by atoms with E-state index in [2.05, 4.69) is 0 Å². The van der Waals surface area contributed by atoms with Crippen LogP contribution in [0.3, 0.4) is 0 Å². The average molecular weight is 305 g/mol. The smallest absolute Gasteiger partial charge is 0.338 e. The zero-order valence-electron chi connectivity index (χ0n) is 12.6. The molecule has 2 saturated heterocycles. The lowest BCUT2D eigenvalue weighted by molar-refractivity contribution is -0.200. The van der Waals surface area contributed by atoms with Gasteiger partial charge in [0.25, 0.3) is 0 Å². The van der Waals surface area contributed by atoms with Gasteiger partial charge in [-0.05, 0) is 12.1 Å². The standard InChI is InChI=1S/C16H19NO5/c1-10(18)17-9-13-15(12(17)8-14(20-2)21-13)22-16(19)11-6-4-3-5-7-11/h3-7,12-15H,8-9H2,1-2H3/t12-,13-,14+,15-/m0/s1. The van der Waals surface area contributed by atoms with Gasteiger partial charge in [-0.3, -0.25) is 4.79 Å². The summed E-state index contributed by atoms with van der Waals surface area (Å²) >= 11 is 0. The van der Waals surface area contributed by atoms with Crippen LogP contribution in [0.2, 0.25) is 0 Å². The van der Waals surface area contributed by atoms with Crippen molar-refractivity contribution in [3.8, 4) is 0 Å². The number of likely N-dealkylation sites (tertiary alicyclic amines) is 1. The fraction of sp³-hybridized carbons (Fsp3) is 0.500. The van der Waals surface area contributed by atoms with Crippen molar-refractivity contribution >= 4 is 11.9 Å². The van der Waals surface area contributed by atoms with Crippen molar-refractivity contribution in [3.05, 3.63) is 35.9 Å². The molecule has 0 aliphatic carbocycles. The van der Waals surface area contributed by atoms with E-state index < -0.39 is 12.1 Å². The minimum absolute atomic E-state index is 0.0476. The van der Waals surface area contributed by atoms with Gasteiger partial charge in [0, 0.05) is 20.5 Å². The molecule has 6 heteroatoms. The molecule has 22 heavy (non-hydrogen) atoms. The molecule has 118 valence electrons. The topological polar surface area (TPSA) is 65.1 Å². The van der Waals surface area contributed by atoms with E-state index in [1.165, 1.54) is 6.92 Å². The van der Waals surface area contributed by atoms with Gasteiger partial charge in [-0.2, -0.15) is 0 Å². The third-order valence-electron chi connectivity index (χ3n) is 4.20. The molecule has 2 bridgehead atoms. The molecule has 6 nitrogen and oxygen atoms in total. The van der Waals surface area contributed by atoms with E-state index in [4.69, 9.17) is 14.2 Å². The van der Waals surface area contributed by atoms with E-state index >= 15 is 0 Å². The Morgan fingerprint density at radius 2 is 2.00 bits per heavy atom. The van der Waals surface area contributed by atoms with Crippen LogP contribution in [0.1, 0.15) is 23.7 Å². The van der Waals surface area contributed by atoms with Crippen molar-refractivity contribution in [2.45, 2.75) is 37.9 Å². The van der Waals surface area contributed by atoms with Crippen LogP contribution in [-0.4, -0.2) is 55.0 Å². The number of fused-ring (bicyclic) bond motifs is 2. The molecule has 2 heterocycles. The molecule has 0 N–H and O–H groups in total. The van der Waals surface area contributed by atoms with E-state index in [1.54, 1.807) is 36.3 Å². The summed E-state index contributed by atoms with van der Waals surface area (Å²) in [4.78, 5) is 25.7. The Morgan fingerprint density at radius 3 is 2.64 bits per heavy atom. The third-order valence-corrected chi connectivity index (χ3v) is 4.20. The molecule has 0 aromatic heterocycles. The highest BCUT2D eigenvalue weighted by atomic mass is 16.7. The van der Waals surface area contributed by atoms with Gasteiger partial charge < -0.3 is 19.1 Å². The predicted octanol–water partition coefficient (Wildman–Crippen LogP) is 1.20. The molecule has 1 aromatic carbocycles. The minimum Gasteiger partial charge on any atom is -0.454 e. The Hall–Kier alpha value is -1.92. The molecule has 2 aliphatic heterocycles. The molecule has 1 amide bonds. The first-order valence-corrected chi connectivity index (χ1v) is 7.31. The Kier molecular flexibility index (Phi) is 4.13. The molecule has 4 atom stereocenters. The summed E-state index contributed by atoms with van der Waals surface area (Å²) in [6.07, 6.45) is -0.673. The number of nitrogens with zero attached hydrogens (tertiary/aromatic N) is 1. The first kappa shape index (κ1) is 15.0. The molecule has 2 aliphatic rings. The van der Waals surface area contributed by atoms with Crippen LogP contribution in [0.4, 0.5) is 0 Å². The van der Waals surface area contributed by atoms with Crippen LogP contribution in [0.25, 0.3) is 0 Å². The number of carbonyl (C=O) groups excluding carboxylic acids is 2. The second kappa shape index (κ2) is 6.06. The van der Waals surface area contributed by atoms with Gasteiger partial charge in [0.1, 0.15) is 6.10 Å². The van der Waals surface area contributed by atoms with Gasteiger partial charge in [-0.1, -0.05) is 18.2 Å². The van der Waals surface area contributed by atoms with Gasteiger partial charge >= 0.3 is 5.97 Å². The molecule has 0 radical (unpaired) electrons. The van der Waals surface area contributed by atoms with Gasteiger partial charge in [0.2, 0.25) is 5.91 Å². The summed E-state index contributed by atoms with van der Waals surface area (Å²) in [5.74, 6) is -0.445. The number of amides is 1. The summed E-state index contributed by atoms with van der Waals surface area (Å²) in [7, 11) is 1.57. The number of hydrogen-bond acceptors (Lipinski definition) is 5. The second-order valence-electron chi connectivity index (χ2n) is 5.55. The van der Waals surface area contributed by atoms with Crippen LogP contribution in [-0.2, 0) is 19.0 Å². The molecular weight excluding hydrogens is 286 g/mol. The first-order chi connectivity index (χ1) is 10.6. The third kappa shape index (κ3) is 2.71. The Bertz CT molecular complexity index is 561. The van der Waals surface area contributed by atoms with Crippen molar-refractivity contribution in [3.63, 3.8) is 0 Å². The van der Waals surface area contributed by atoms with E-state index in [-0.39, 0.29) is 24.3 Å². The normalized spacial score (nSPS) is 30.2. The van der Waals surface area contributed by atoms with Crippen LogP contribution >= 0.6 is 0 Å². The molecule has 1 aromatic rings. The zero-order valence-corrected chi connectivity index (χ0v) is 12.6. The highest BCUT2D eigenvalue weighted by Crippen LogP contribution is 2.34. The van der Waals surface area contributed by atoms with Crippen molar-refractivity contribution in [1.29, 1.82) is 0 Å². The van der Waals surface area contributed by atoms with E-state index in [0.717, 1.165) is 0 Å². The van der Waals surface area contributed by atoms with Crippen LogP contribution in [0, 0.1) is 0 Å². The van der Waals surface area contributed by atoms with E-state index in [1.807, 2.05) is 6.07 Å². The molecule has 3 rings (SSSR count). The SMILES string of the molecule is CO[C@H]1C[C@H]2[C@H](OC(=O)c3ccccc3)[C@H](CN2C(C)=O)O1. The number of ether oxygens (including phenoxy) is 3. The summed E-state index contributed by atoms with van der Waals surface area (Å²) in [6.45, 7) is 1.94. The number of esters is 1. The van der Waals surface area contributed by atoms with Gasteiger partial charge in [0.05, 0.1) is 18.2 Å². The summed E-state index contributed by atoms with van der Waals surface area (Å²) in [5.41, 5.74) is 0.491. The lowest BCUT2D eigenvalue weighted by Gasteiger charge is -2.34. The largest absolute Gasteiger partial charge is 0.454 e. The Labute approximate surface area is 128 Å². The van der Waals surface area contributed by atoms with E-state index in [0.29, 0.717) is 18.5 Å². The number of benzene rings is 1. The Morgan fingerprint density at radius 1 is 1.27 bits per heavy atom. The summed E-state index contributed by atoms with van der Waals surface area (Å²) in [5, 5.41) is 0. The second-order valence-corrected chi connectivity index (χ2v) is 5.55. The maximum atomic E-state index is 12.2. The molecule has 0 spiro atoms. The van der Waals surface area contributed by atoms with Crippen molar-refractivity contribution in [2.24, 2.45) is 0 Å². The lowest BCUT2D eigenvalue weighted by Crippen LogP contribution is -2.48. The maximum Gasteiger partial charge on any atom is 0.338 e. The molecule has 2 fully saturated rings. The maximum absolute atomic E-state index is 12.2. The van der Waals surface area contributed by atoms with Crippen LogP contribution in [0.5, 0.6) is 0 Å². The van der Waals surface area contributed by atoms with E-state index in [9.17, 15) is 9.59 Å². The lowest BCUT2D eigenvalue weighted by atomic mass is 10.0. The fourth-order valence-corrected chi connectivity index (χ4v) is 3.12. The van der Waals surface area contributed by atoms with Crippen LogP contribution < -0.4 is 0 Å². The van der Waals surface area contributed by atoms with Crippen molar-refractivity contribution in [2.75, 3.05) is 13.7 Å². The highest BCUT2D eigenvalue weighted by Gasteiger charge is 2.51. The minimum atomic E-state index is -0.456. The van der Waals surface area contributed by atoms with Gasteiger partial charge in [-0.25, -0.2) is 4.79 Å². The monoisotopic (exact) mass is 305 g/mol. The number of methoxy groups -OCH3 is 1. The highest BCUT2D eigenvalue weighted by molar-refractivity contribution is 5.89. The number of carbonyl (C=O) groups is 2. The van der Waals surface area contributed by atoms with Crippen molar-refractivity contribution in [1.82, 2.24) is 4.90 Å². The Balaban J connectivity index is 1.76. The molecular formula is C16H19NO5. The number of hydrogen-bond donors (Lipinski definition) is 0. The molecule has 0 saturated carbocycles. The van der Waals surface area contributed by atoms with Crippen LogP contribution in [0.15, 0.2) is 30.3 Å². The summed E-state index contributed by atoms with van der Waals surface area (Å²) < 4.78 is 16.6. The summed E-state index contributed by atoms with van der Waals surface area (Å²) in [6, 6.07) is 8.61. The average Bonchev–Trinajstić information content (AvgIpc) is 2.74. The quantitative estimate of drug-likeness (QED) is 0.785. The zero-order chi connectivity index (χ0) is 15.7. The van der Waals surface area contributed by atoms with Gasteiger partial charge in [-0.15, -0.1) is 0 Å². The van der Waals surface area contributed by atoms with Gasteiger partial charge in [0.15, 0.2) is 12.4 Å². The van der Waals surface area contributed by atoms with Crippen molar-refractivity contribution < 1.29 is 23.8 Å². The first-order valence-electron chi connectivity index (χ1n) is 7.31. The fourth-order valence-electron chi connectivity index (χ4n) is 3.12. The predicted molar refractivity (Wildman–Crippen MR) is 77.1 cm³/mol. The number of rotatable bonds is 3. The molecule has 0 unspecified atom stereocenters.